The fourth-order valence-corrected chi connectivity index (χ4v) is 10.4. The van der Waals surface area contributed by atoms with E-state index in [9.17, 15) is 14.4 Å². The highest BCUT2D eigenvalue weighted by atomic mass is 16.6. The van der Waals surface area contributed by atoms with Crippen molar-refractivity contribution in [2.75, 3.05) is 13.2 Å². The van der Waals surface area contributed by atoms with Gasteiger partial charge in [0.05, 0.1) is 0 Å². The summed E-state index contributed by atoms with van der Waals surface area (Å²) in [6.07, 6.45) is 75.4. The quantitative estimate of drug-likeness (QED) is 0.0261. The van der Waals surface area contributed by atoms with E-state index in [0.29, 0.717) is 19.3 Å². The second-order valence-corrected chi connectivity index (χ2v) is 23.1. The molecule has 0 aromatic carbocycles. The number of hydrogen-bond donors (Lipinski definition) is 0. The fraction of sp³-hybridized carbons (Fsp3) is 0.926. The van der Waals surface area contributed by atoms with Crippen LogP contribution in [0.1, 0.15) is 387 Å². The molecule has 0 saturated carbocycles. The van der Waals surface area contributed by atoms with E-state index < -0.39 is 6.10 Å². The molecule has 0 aliphatic carbocycles. The van der Waals surface area contributed by atoms with E-state index in [1.165, 1.54) is 289 Å². The van der Waals surface area contributed by atoms with Gasteiger partial charge in [0.15, 0.2) is 6.10 Å². The highest BCUT2D eigenvalue weighted by Gasteiger charge is 2.19. The molecule has 438 valence electrons. The van der Waals surface area contributed by atoms with Gasteiger partial charge in [0.25, 0.3) is 0 Å². The Kier molecular flexibility index (Phi) is 62.1. The molecule has 0 aliphatic heterocycles. The molecule has 6 nitrogen and oxygen atoms in total. The molecule has 0 bridgehead atoms. The first kappa shape index (κ1) is 72.2. The third kappa shape index (κ3) is 61.0. The number of carbonyl (C=O) groups is 3. The van der Waals surface area contributed by atoms with Crippen LogP contribution in [-0.2, 0) is 28.6 Å². The lowest BCUT2D eigenvalue weighted by atomic mass is 10.0. The Morgan fingerprint density at radius 1 is 0.257 bits per heavy atom. The Balaban J connectivity index is 4.08. The molecule has 0 radical (unpaired) electrons. The van der Waals surface area contributed by atoms with Gasteiger partial charge in [-0.1, -0.05) is 335 Å². The van der Waals surface area contributed by atoms with Crippen LogP contribution in [0.25, 0.3) is 0 Å². The zero-order valence-corrected chi connectivity index (χ0v) is 50.4. The molecule has 1 unspecified atom stereocenters. The predicted octanol–water partition coefficient (Wildman–Crippen LogP) is 22.8. The van der Waals surface area contributed by atoms with Gasteiger partial charge in [-0.25, -0.2) is 0 Å². The Bertz CT molecular complexity index is 1150. The van der Waals surface area contributed by atoms with Gasteiger partial charge in [-0.15, -0.1) is 0 Å². The normalized spacial score (nSPS) is 12.0. The van der Waals surface area contributed by atoms with Crippen LogP contribution in [0, 0.1) is 0 Å². The minimum Gasteiger partial charge on any atom is -0.462 e. The van der Waals surface area contributed by atoms with Crippen molar-refractivity contribution in [1.82, 2.24) is 0 Å². The summed E-state index contributed by atoms with van der Waals surface area (Å²) in [5.41, 5.74) is 0. The van der Waals surface area contributed by atoms with E-state index in [0.717, 1.165) is 57.8 Å². The van der Waals surface area contributed by atoms with Crippen LogP contribution < -0.4 is 0 Å². The van der Waals surface area contributed by atoms with Gasteiger partial charge in [0.1, 0.15) is 13.2 Å². The second kappa shape index (κ2) is 63.7. The summed E-state index contributed by atoms with van der Waals surface area (Å²) < 4.78 is 16.9. The first-order valence-corrected chi connectivity index (χ1v) is 33.7. The van der Waals surface area contributed by atoms with Crippen LogP contribution in [0.15, 0.2) is 12.2 Å². The average Bonchev–Trinajstić information content (AvgIpc) is 3.40. The van der Waals surface area contributed by atoms with E-state index in [1.807, 2.05) is 0 Å². The van der Waals surface area contributed by atoms with E-state index in [2.05, 4.69) is 32.9 Å². The zero-order valence-electron chi connectivity index (χ0n) is 50.4. The monoisotopic (exact) mass is 1040 g/mol. The predicted molar refractivity (Wildman–Crippen MR) is 321 cm³/mol. The summed E-state index contributed by atoms with van der Waals surface area (Å²) in [4.78, 5) is 38.2. The topological polar surface area (TPSA) is 78.9 Å². The highest BCUT2D eigenvalue weighted by Crippen LogP contribution is 2.19. The summed E-state index contributed by atoms with van der Waals surface area (Å²) in [7, 11) is 0. The Labute approximate surface area is 462 Å². The summed E-state index contributed by atoms with van der Waals surface area (Å²) in [5, 5.41) is 0. The standard InChI is InChI=1S/C68H130O6/c1-4-7-10-13-16-19-22-24-26-28-29-30-31-32-33-34-35-36-37-38-39-41-42-44-46-49-52-55-58-61-67(70)73-64-65(63-72-66(69)60-57-54-51-48-21-18-15-12-9-6-3)74-68(71)62-59-56-53-50-47-45-43-40-27-25-23-20-17-14-11-8-5-2/h25,27,65H,4-24,26,28-64H2,1-3H3/b27-25-. The third-order valence-electron chi connectivity index (χ3n) is 15.5. The SMILES string of the molecule is CCCCCCCC/C=C\CCCCCCCCCC(=O)OC(COC(=O)CCCCCCCCCCCC)COC(=O)CCCCCCCCCCCCCCCCCCCCCCCCCCCCCCC. The van der Waals surface area contributed by atoms with Crippen molar-refractivity contribution in [2.45, 2.75) is 393 Å². The van der Waals surface area contributed by atoms with Gasteiger partial charge in [0.2, 0.25) is 0 Å². The Morgan fingerprint density at radius 3 is 0.676 bits per heavy atom. The maximum absolute atomic E-state index is 12.9. The fourth-order valence-electron chi connectivity index (χ4n) is 10.4. The molecule has 0 heterocycles. The number of ether oxygens (including phenoxy) is 3. The summed E-state index contributed by atoms with van der Waals surface area (Å²) in [6, 6.07) is 0. The lowest BCUT2D eigenvalue weighted by Gasteiger charge is -2.18. The zero-order chi connectivity index (χ0) is 53.6. The smallest absolute Gasteiger partial charge is 0.306 e. The minimum atomic E-state index is -0.767. The first-order valence-electron chi connectivity index (χ1n) is 33.7. The van der Waals surface area contributed by atoms with Gasteiger partial charge < -0.3 is 14.2 Å². The molecule has 0 fully saturated rings. The molecule has 0 N–H and O–H groups in total. The van der Waals surface area contributed by atoms with Crippen LogP contribution >= 0.6 is 0 Å². The summed E-state index contributed by atoms with van der Waals surface area (Å²) in [6.45, 7) is 6.69. The van der Waals surface area contributed by atoms with E-state index in [-0.39, 0.29) is 31.1 Å². The summed E-state index contributed by atoms with van der Waals surface area (Å²) >= 11 is 0. The maximum atomic E-state index is 12.9. The first-order chi connectivity index (χ1) is 36.5. The lowest BCUT2D eigenvalue weighted by Crippen LogP contribution is -2.30. The number of hydrogen-bond acceptors (Lipinski definition) is 6. The highest BCUT2D eigenvalue weighted by molar-refractivity contribution is 5.71. The molecule has 74 heavy (non-hydrogen) atoms. The van der Waals surface area contributed by atoms with Crippen molar-refractivity contribution in [3.8, 4) is 0 Å². The van der Waals surface area contributed by atoms with E-state index in [4.69, 9.17) is 14.2 Å². The molecular formula is C68H130O6. The van der Waals surface area contributed by atoms with Gasteiger partial charge >= 0.3 is 17.9 Å². The maximum Gasteiger partial charge on any atom is 0.306 e. The number of unbranched alkanes of at least 4 members (excludes halogenated alkanes) is 50. The number of carbonyl (C=O) groups excluding carboxylic acids is 3. The number of allylic oxidation sites excluding steroid dienone is 2. The number of rotatable bonds is 63. The lowest BCUT2D eigenvalue weighted by molar-refractivity contribution is -0.167. The van der Waals surface area contributed by atoms with Crippen LogP contribution in [0.5, 0.6) is 0 Å². The van der Waals surface area contributed by atoms with Crippen molar-refractivity contribution >= 4 is 17.9 Å². The Morgan fingerprint density at radius 2 is 0.446 bits per heavy atom. The largest absolute Gasteiger partial charge is 0.462 e. The Hall–Kier alpha value is -1.85. The molecule has 1 atom stereocenters. The molecule has 0 saturated heterocycles. The molecule has 0 amide bonds. The molecule has 0 spiro atoms. The third-order valence-corrected chi connectivity index (χ3v) is 15.5. The van der Waals surface area contributed by atoms with Crippen LogP contribution in [-0.4, -0.2) is 37.2 Å². The number of esters is 3. The van der Waals surface area contributed by atoms with E-state index in [1.54, 1.807) is 0 Å². The molecule has 0 rings (SSSR count). The van der Waals surface area contributed by atoms with Gasteiger partial charge in [-0.2, -0.15) is 0 Å². The molecule has 0 aromatic rings. The van der Waals surface area contributed by atoms with Gasteiger partial charge in [0, 0.05) is 19.3 Å². The van der Waals surface area contributed by atoms with Crippen LogP contribution in [0.2, 0.25) is 0 Å². The molecule has 0 aromatic heterocycles. The van der Waals surface area contributed by atoms with Crippen molar-refractivity contribution in [1.29, 1.82) is 0 Å². The molecular weight excluding hydrogens is 913 g/mol. The second-order valence-electron chi connectivity index (χ2n) is 23.1. The van der Waals surface area contributed by atoms with Crippen molar-refractivity contribution in [2.24, 2.45) is 0 Å². The van der Waals surface area contributed by atoms with E-state index >= 15 is 0 Å². The van der Waals surface area contributed by atoms with Crippen LogP contribution in [0.4, 0.5) is 0 Å². The average molecular weight is 1040 g/mol. The molecule has 0 aliphatic rings. The van der Waals surface area contributed by atoms with Crippen LogP contribution in [0.3, 0.4) is 0 Å². The van der Waals surface area contributed by atoms with Gasteiger partial charge in [-0.3, -0.25) is 14.4 Å². The van der Waals surface area contributed by atoms with Gasteiger partial charge in [-0.05, 0) is 44.9 Å². The molecule has 6 heteroatoms. The minimum absolute atomic E-state index is 0.0656. The van der Waals surface area contributed by atoms with Crippen molar-refractivity contribution in [3.05, 3.63) is 12.2 Å². The van der Waals surface area contributed by atoms with Crippen molar-refractivity contribution < 1.29 is 28.6 Å². The summed E-state index contributed by atoms with van der Waals surface area (Å²) in [5.74, 6) is -0.843. The van der Waals surface area contributed by atoms with Crippen molar-refractivity contribution in [3.63, 3.8) is 0 Å².